The zero-order valence-electron chi connectivity index (χ0n) is 4.85. The predicted molar refractivity (Wildman–Crippen MR) is 35.0 cm³/mol. The Morgan fingerprint density at radius 2 is 2.33 bits per heavy atom. The molecule has 0 aliphatic carbocycles. The van der Waals surface area contributed by atoms with E-state index >= 15 is 0 Å². The van der Waals surface area contributed by atoms with E-state index in [0.29, 0.717) is 11.5 Å². The molecule has 0 spiro atoms. The molecule has 9 heavy (non-hydrogen) atoms. The Morgan fingerprint density at radius 1 is 1.67 bits per heavy atom. The topological polar surface area (TPSA) is 51.8 Å². The molecule has 3 nitrogen and oxygen atoms in total. The lowest BCUT2D eigenvalue weighted by atomic mass is 10.5. The van der Waals surface area contributed by atoms with E-state index in [1.54, 1.807) is 6.92 Å². The lowest BCUT2D eigenvalue weighted by Gasteiger charge is -1.93. The van der Waals surface area contributed by atoms with Crippen molar-refractivity contribution in [2.75, 3.05) is 5.73 Å². The molecule has 1 aromatic rings. The summed E-state index contributed by atoms with van der Waals surface area (Å²) in [5, 5.41) is 0.266. The maximum atomic E-state index is 5.51. The van der Waals surface area contributed by atoms with Crippen LogP contribution >= 0.6 is 11.6 Å². The first-order valence-electron chi connectivity index (χ1n) is 2.37. The number of aryl methyl sites for hydroxylation is 1. The minimum Gasteiger partial charge on any atom is -0.394 e. The first kappa shape index (κ1) is 6.29. The van der Waals surface area contributed by atoms with E-state index in [4.69, 9.17) is 17.3 Å². The van der Waals surface area contributed by atoms with Gasteiger partial charge in [-0.2, -0.15) is 0 Å². The number of nitrogen functional groups attached to an aromatic ring is 1. The molecule has 1 rings (SSSR count). The summed E-state index contributed by atoms with van der Waals surface area (Å²) in [7, 11) is 0. The van der Waals surface area contributed by atoms with Crippen LogP contribution < -0.4 is 5.73 Å². The Bertz CT molecular complexity index is 223. The molecule has 0 unspecified atom stereocenters. The predicted octanol–water partition coefficient (Wildman–Crippen LogP) is 0.821. The van der Waals surface area contributed by atoms with Crippen LogP contribution in [0.25, 0.3) is 0 Å². The number of nitrogens with zero attached hydrogens (tertiary/aromatic N) is 2. The van der Waals surface area contributed by atoms with Gasteiger partial charge in [0.25, 0.3) is 0 Å². The first-order chi connectivity index (χ1) is 4.20. The summed E-state index contributed by atoms with van der Waals surface area (Å²) in [6.07, 6.45) is 2.50. The minimum absolute atomic E-state index is 0.266. The summed E-state index contributed by atoms with van der Waals surface area (Å²) in [5.41, 5.74) is 5.57. The Kier molecular flexibility index (Phi) is 1.53. The van der Waals surface area contributed by atoms with E-state index in [9.17, 15) is 0 Å². The summed E-state index contributed by atoms with van der Waals surface area (Å²) in [4.78, 5) is 7.47. The lowest BCUT2D eigenvalue weighted by molar-refractivity contribution is 1.05. The van der Waals surface area contributed by atoms with Crippen LogP contribution in [0.4, 0.5) is 5.69 Å². The van der Waals surface area contributed by atoms with Crippen LogP contribution in [0.1, 0.15) is 5.82 Å². The van der Waals surface area contributed by atoms with E-state index in [0.717, 1.165) is 0 Å². The van der Waals surface area contributed by atoms with Crippen molar-refractivity contribution in [2.24, 2.45) is 0 Å². The summed E-state index contributed by atoms with van der Waals surface area (Å²) in [5.74, 6) is 0.578. The van der Waals surface area contributed by atoms with Gasteiger partial charge in [-0.05, 0) is 6.92 Å². The van der Waals surface area contributed by atoms with Crippen molar-refractivity contribution in [2.45, 2.75) is 6.92 Å². The molecule has 0 saturated heterocycles. The van der Waals surface area contributed by atoms with Crippen LogP contribution in [0.3, 0.4) is 0 Å². The Balaban J connectivity index is 3.17. The van der Waals surface area contributed by atoms with Gasteiger partial charge in [0.2, 0.25) is 0 Å². The maximum Gasteiger partial charge on any atom is 0.156 e. The van der Waals surface area contributed by atoms with E-state index in [1.807, 2.05) is 0 Å². The number of aromatic nitrogens is 2. The van der Waals surface area contributed by atoms with Gasteiger partial charge in [-0.1, -0.05) is 11.6 Å². The molecule has 0 aromatic carbocycles. The molecular weight excluding hydrogens is 138 g/mol. The number of hydrogen-bond donors (Lipinski definition) is 1. The minimum atomic E-state index is 0.266. The molecule has 0 bridgehead atoms. The van der Waals surface area contributed by atoms with Crippen LogP contribution in [-0.2, 0) is 0 Å². The largest absolute Gasteiger partial charge is 0.394 e. The Labute approximate surface area is 57.9 Å². The first-order valence-corrected chi connectivity index (χ1v) is 2.75. The van der Waals surface area contributed by atoms with Crippen molar-refractivity contribution in [1.82, 2.24) is 9.97 Å². The average molecular weight is 143 g/mol. The normalized spacial score (nSPS) is 9.56. The highest BCUT2D eigenvalue weighted by atomic mass is 35.5. The zero-order chi connectivity index (χ0) is 6.85. The molecule has 0 aliphatic rings. The van der Waals surface area contributed by atoms with Crippen LogP contribution in [-0.4, -0.2) is 9.97 Å². The number of hydrogen-bond acceptors (Lipinski definition) is 3. The summed E-state index contributed by atoms with van der Waals surface area (Å²) >= 11 is 5.51. The molecule has 0 aliphatic heterocycles. The maximum absolute atomic E-state index is 5.51. The van der Waals surface area contributed by atoms with Gasteiger partial charge in [-0.3, -0.25) is 0 Å². The average Bonchev–Trinajstić information content (AvgIpc) is 1.80. The zero-order valence-corrected chi connectivity index (χ0v) is 5.61. The van der Waals surface area contributed by atoms with Gasteiger partial charge in [-0.15, -0.1) is 0 Å². The van der Waals surface area contributed by atoms with Crippen LogP contribution in [0, 0.1) is 13.1 Å². The molecule has 1 radical (unpaired) electrons. The van der Waals surface area contributed by atoms with Gasteiger partial charge in [-0.25, -0.2) is 9.97 Å². The molecule has 0 fully saturated rings. The second-order valence-corrected chi connectivity index (χ2v) is 1.95. The molecule has 47 valence electrons. The number of anilines is 1. The van der Waals surface area contributed by atoms with Crippen molar-refractivity contribution in [3.05, 3.63) is 17.2 Å². The molecule has 1 aromatic heterocycles. The molecule has 0 saturated carbocycles. The van der Waals surface area contributed by atoms with E-state index in [-0.39, 0.29) is 5.15 Å². The monoisotopic (exact) mass is 142 g/mol. The Morgan fingerprint density at radius 3 is 2.78 bits per heavy atom. The highest BCUT2D eigenvalue weighted by molar-refractivity contribution is 6.31. The van der Waals surface area contributed by atoms with E-state index in [2.05, 4.69) is 16.2 Å². The fourth-order valence-electron chi connectivity index (χ4n) is 0.415. The summed E-state index contributed by atoms with van der Waals surface area (Å²) in [6.45, 7) is 1.72. The van der Waals surface area contributed by atoms with Gasteiger partial charge in [0, 0.05) is 0 Å². The van der Waals surface area contributed by atoms with Crippen molar-refractivity contribution in [3.8, 4) is 0 Å². The van der Waals surface area contributed by atoms with Gasteiger partial charge in [0.15, 0.2) is 5.15 Å². The third kappa shape index (κ3) is 1.29. The Hall–Kier alpha value is -0.830. The number of halogens is 1. The van der Waals surface area contributed by atoms with Crippen molar-refractivity contribution in [1.29, 1.82) is 0 Å². The molecule has 0 amide bonds. The van der Waals surface area contributed by atoms with Crippen LogP contribution in [0.5, 0.6) is 0 Å². The van der Waals surface area contributed by atoms with Crippen molar-refractivity contribution < 1.29 is 0 Å². The van der Waals surface area contributed by atoms with Crippen molar-refractivity contribution in [3.63, 3.8) is 0 Å². The highest BCUT2D eigenvalue weighted by Gasteiger charge is 1.96. The fourth-order valence-corrected chi connectivity index (χ4v) is 0.579. The fraction of sp³-hybridized carbons (Fsp3) is 0.200. The second-order valence-electron chi connectivity index (χ2n) is 1.59. The quantitative estimate of drug-likeness (QED) is 0.546. The summed E-state index contributed by atoms with van der Waals surface area (Å²) in [6, 6.07) is 0. The SMILES string of the molecule is Cc1n[c]c(N)c(Cl)n1. The molecule has 1 heterocycles. The molecule has 4 heteroatoms. The van der Waals surface area contributed by atoms with E-state index < -0.39 is 0 Å². The summed E-state index contributed by atoms with van der Waals surface area (Å²) < 4.78 is 0. The third-order valence-electron chi connectivity index (χ3n) is 0.820. The smallest absolute Gasteiger partial charge is 0.156 e. The van der Waals surface area contributed by atoms with E-state index in [1.165, 1.54) is 0 Å². The highest BCUT2D eigenvalue weighted by Crippen LogP contribution is 2.11. The molecule has 2 N–H and O–H groups in total. The van der Waals surface area contributed by atoms with Gasteiger partial charge < -0.3 is 5.73 Å². The van der Waals surface area contributed by atoms with Gasteiger partial charge in [0.05, 0.1) is 5.69 Å². The number of rotatable bonds is 0. The lowest BCUT2D eigenvalue weighted by Crippen LogP contribution is -1.93. The van der Waals surface area contributed by atoms with Crippen molar-refractivity contribution >= 4 is 17.3 Å². The number of nitrogens with two attached hydrogens (primary N) is 1. The van der Waals surface area contributed by atoms with Gasteiger partial charge >= 0.3 is 0 Å². The molecular formula is C5H5ClN3. The standard InChI is InChI=1S/C5H5ClN3/c1-3-8-2-4(7)5(6)9-3/h7H2,1H3. The van der Waals surface area contributed by atoms with Gasteiger partial charge in [0.1, 0.15) is 12.0 Å². The van der Waals surface area contributed by atoms with Crippen LogP contribution in [0.15, 0.2) is 0 Å². The van der Waals surface area contributed by atoms with Crippen LogP contribution in [0.2, 0.25) is 5.15 Å². The second kappa shape index (κ2) is 2.19. The molecule has 0 atom stereocenters. The third-order valence-corrected chi connectivity index (χ3v) is 1.11.